The Kier molecular flexibility index (Phi) is 4.83. The number of hydrogen-bond acceptors (Lipinski definition) is 5. The first-order valence-electron chi connectivity index (χ1n) is 11.2. The summed E-state index contributed by atoms with van der Waals surface area (Å²) < 4.78 is 5.28. The van der Waals surface area contributed by atoms with Gasteiger partial charge in [-0.05, 0) is 79.9 Å². The summed E-state index contributed by atoms with van der Waals surface area (Å²) in [5.41, 5.74) is 7.07. The molecule has 0 bridgehead atoms. The van der Waals surface area contributed by atoms with Gasteiger partial charge in [0.25, 0.3) is 0 Å². The number of ether oxygens (including phenoxy) is 1. The van der Waals surface area contributed by atoms with E-state index in [1.807, 2.05) is 60.7 Å². The molecule has 4 aromatic rings. The van der Waals surface area contributed by atoms with Crippen LogP contribution < -0.4 is 4.74 Å². The molecule has 0 amide bonds. The third-order valence-corrected chi connectivity index (χ3v) is 7.15. The molecular formula is C29H24O5. The second kappa shape index (κ2) is 7.79. The number of hydrogen-bond donors (Lipinski definition) is 4. The fraction of sp³-hybridized carbons (Fsp3) is 0.172. The van der Waals surface area contributed by atoms with Crippen LogP contribution in [-0.2, 0) is 0 Å². The zero-order chi connectivity index (χ0) is 23.6. The first-order valence-corrected chi connectivity index (χ1v) is 11.2. The van der Waals surface area contributed by atoms with E-state index < -0.39 is 24.4 Å². The molecule has 2 aliphatic rings. The minimum Gasteiger partial charge on any atom is -0.497 e. The lowest BCUT2D eigenvalue weighted by Crippen LogP contribution is -2.18. The first-order chi connectivity index (χ1) is 16.5. The number of benzene rings is 4. The highest BCUT2D eigenvalue weighted by Crippen LogP contribution is 2.45. The number of aliphatic hydroxyl groups excluding tert-OH is 4. The normalized spacial score (nSPS) is 22.3. The third kappa shape index (κ3) is 3.02. The molecule has 0 saturated carbocycles. The summed E-state index contributed by atoms with van der Waals surface area (Å²) in [6.45, 7) is 0. The topological polar surface area (TPSA) is 90.2 Å². The summed E-state index contributed by atoms with van der Waals surface area (Å²) in [5.74, 6) is 0.626. The van der Waals surface area contributed by atoms with Gasteiger partial charge in [-0.3, -0.25) is 0 Å². The molecule has 0 heterocycles. The van der Waals surface area contributed by atoms with Gasteiger partial charge in [0, 0.05) is 0 Å². The highest BCUT2D eigenvalue weighted by Gasteiger charge is 2.32. The molecule has 0 fully saturated rings. The summed E-state index contributed by atoms with van der Waals surface area (Å²) in [6.07, 6.45) is -3.37. The number of methoxy groups -OCH3 is 1. The number of rotatable bonds is 2. The molecule has 0 aliphatic heterocycles. The Morgan fingerprint density at radius 3 is 1.32 bits per heavy atom. The molecule has 4 unspecified atom stereocenters. The molecular weight excluding hydrogens is 428 g/mol. The summed E-state index contributed by atoms with van der Waals surface area (Å²) in [5, 5.41) is 44.0. The van der Waals surface area contributed by atoms with Gasteiger partial charge in [0.15, 0.2) is 0 Å². The molecule has 6 rings (SSSR count). The van der Waals surface area contributed by atoms with Crippen molar-refractivity contribution in [2.45, 2.75) is 24.4 Å². The predicted molar refractivity (Wildman–Crippen MR) is 128 cm³/mol. The summed E-state index contributed by atoms with van der Waals surface area (Å²) in [4.78, 5) is 0. The summed E-state index contributed by atoms with van der Waals surface area (Å²) in [7, 11) is 1.57. The van der Waals surface area contributed by atoms with E-state index in [-0.39, 0.29) is 0 Å². The van der Waals surface area contributed by atoms with Crippen LogP contribution in [0.3, 0.4) is 0 Å². The molecule has 5 heteroatoms. The molecule has 5 nitrogen and oxygen atoms in total. The van der Waals surface area contributed by atoms with E-state index in [1.54, 1.807) is 25.3 Å². The van der Waals surface area contributed by atoms with Gasteiger partial charge in [-0.15, -0.1) is 0 Å². The number of fused-ring (bicyclic) bond motifs is 4. The molecule has 4 aromatic carbocycles. The Labute approximate surface area is 197 Å². The SMILES string of the molecule is COc1ccc2c(c1)C(O)c1ccc(-c3ccc4c(c3)C(O)c3ccccc3C4O)cc1C2O. The fourth-order valence-corrected chi connectivity index (χ4v) is 5.32. The van der Waals surface area contributed by atoms with E-state index in [0.29, 0.717) is 44.7 Å². The van der Waals surface area contributed by atoms with Crippen molar-refractivity contribution in [2.75, 3.05) is 7.11 Å². The first kappa shape index (κ1) is 21.1. The van der Waals surface area contributed by atoms with Crippen molar-refractivity contribution in [3.63, 3.8) is 0 Å². The van der Waals surface area contributed by atoms with Crippen molar-refractivity contribution in [3.8, 4) is 16.9 Å². The largest absolute Gasteiger partial charge is 0.497 e. The van der Waals surface area contributed by atoms with Gasteiger partial charge in [0.2, 0.25) is 0 Å². The van der Waals surface area contributed by atoms with Gasteiger partial charge in [-0.2, -0.15) is 0 Å². The monoisotopic (exact) mass is 452 g/mol. The van der Waals surface area contributed by atoms with Crippen molar-refractivity contribution < 1.29 is 25.2 Å². The highest BCUT2D eigenvalue weighted by molar-refractivity contribution is 5.69. The van der Waals surface area contributed by atoms with Crippen LogP contribution in [0, 0.1) is 0 Å². The average Bonchev–Trinajstić information content (AvgIpc) is 2.89. The molecule has 4 atom stereocenters. The minimum absolute atomic E-state index is 0.626. The fourth-order valence-electron chi connectivity index (χ4n) is 5.32. The lowest BCUT2D eigenvalue weighted by Gasteiger charge is -2.30. The van der Waals surface area contributed by atoms with Crippen LogP contribution in [0.1, 0.15) is 68.9 Å². The van der Waals surface area contributed by atoms with Crippen LogP contribution in [-0.4, -0.2) is 27.5 Å². The molecule has 34 heavy (non-hydrogen) atoms. The average molecular weight is 453 g/mol. The van der Waals surface area contributed by atoms with E-state index in [4.69, 9.17) is 4.74 Å². The van der Waals surface area contributed by atoms with Gasteiger partial charge in [0.05, 0.1) is 7.11 Å². The second-order valence-corrected chi connectivity index (χ2v) is 8.92. The molecule has 0 radical (unpaired) electrons. The Morgan fingerprint density at radius 2 is 0.853 bits per heavy atom. The van der Waals surface area contributed by atoms with Crippen molar-refractivity contribution in [3.05, 3.63) is 123 Å². The quantitative estimate of drug-likeness (QED) is 0.364. The van der Waals surface area contributed by atoms with Crippen LogP contribution in [0.2, 0.25) is 0 Å². The van der Waals surface area contributed by atoms with Crippen molar-refractivity contribution in [1.29, 1.82) is 0 Å². The van der Waals surface area contributed by atoms with Gasteiger partial charge < -0.3 is 25.2 Å². The van der Waals surface area contributed by atoms with Crippen LogP contribution in [0.15, 0.2) is 78.9 Å². The maximum atomic E-state index is 11.1. The summed E-state index contributed by atoms with van der Waals surface area (Å²) >= 11 is 0. The Hall–Kier alpha value is -3.48. The Morgan fingerprint density at radius 1 is 0.471 bits per heavy atom. The van der Waals surface area contributed by atoms with Gasteiger partial charge in [0.1, 0.15) is 30.2 Å². The zero-order valence-corrected chi connectivity index (χ0v) is 18.5. The van der Waals surface area contributed by atoms with Crippen LogP contribution in [0.5, 0.6) is 5.75 Å². The van der Waals surface area contributed by atoms with Gasteiger partial charge >= 0.3 is 0 Å². The van der Waals surface area contributed by atoms with E-state index in [1.165, 1.54) is 0 Å². The van der Waals surface area contributed by atoms with Crippen LogP contribution in [0.4, 0.5) is 0 Å². The Bertz CT molecular complexity index is 1430. The predicted octanol–water partition coefficient (Wildman–Crippen LogP) is 4.32. The maximum Gasteiger partial charge on any atom is 0.119 e. The molecule has 0 spiro atoms. The van der Waals surface area contributed by atoms with E-state index >= 15 is 0 Å². The maximum absolute atomic E-state index is 11.1. The van der Waals surface area contributed by atoms with Crippen molar-refractivity contribution in [2.24, 2.45) is 0 Å². The van der Waals surface area contributed by atoms with E-state index in [2.05, 4.69) is 0 Å². The van der Waals surface area contributed by atoms with Crippen LogP contribution in [0.25, 0.3) is 11.1 Å². The second-order valence-electron chi connectivity index (χ2n) is 8.92. The molecule has 4 N–H and O–H groups in total. The van der Waals surface area contributed by atoms with E-state index in [0.717, 1.165) is 16.7 Å². The Balaban J connectivity index is 1.42. The smallest absolute Gasteiger partial charge is 0.119 e. The lowest BCUT2D eigenvalue weighted by atomic mass is 9.79. The lowest BCUT2D eigenvalue weighted by molar-refractivity contribution is 0.173. The minimum atomic E-state index is -0.879. The van der Waals surface area contributed by atoms with Gasteiger partial charge in [-0.25, -0.2) is 0 Å². The highest BCUT2D eigenvalue weighted by atomic mass is 16.5. The molecule has 170 valence electrons. The third-order valence-electron chi connectivity index (χ3n) is 7.15. The van der Waals surface area contributed by atoms with Crippen molar-refractivity contribution >= 4 is 0 Å². The molecule has 0 saturated heterocycles. The standard InChI is InChI=1S/C29H24O5/c1-34-17-8-11-22-25(14-17)29(33)21-10-7-16(13-24(21)28(22)32)15-6-9-20-23(12-15)27(31)19-5-3-2-4-18(19)26(20)30/h2-14,26-33H,1H3. The van der Waals surface area contributed by atoms with Crippen molar-refractivity contribution in [1.82, 2.24) is 0 Å². The zero-order valence-electron chi connectivity index (χ0n) is 18.5. The molecule has 2 aliphatic carbocycles. The number of aliphatic hydroxyl groups is 4. The van der Waals surface area contributed by atoms with Gasteiger partial charge in [-0.1, -0.05) is 54.6 Å². The summed E-state index contributed by atoms with van der Waals surface area (Å²) in [6, 6.07) is 24.0. The van der Waals surface area contributed by atoms with E-state index in [9.17, 15) is 20.4 Å². The van der Waals surface area contributed by atoms with Crippen LogP contribution >= 0.6 is 0 Å². The molecule has 0 aromatic heterocycles.